The zero-order valence-electron chi connectivity index (χ0n) is 16.4. The SMILES string of the molecule is O=C(N=Nc1ccc(NOC(=O)c2ccccc2I)cc1)c1cc([N+](=O)[O-])cc([N+](=O)[O-])c1. The molecule has 0 heterocycles. The third-order valence-electron chi connectivity index (χ3n) is 4.05. The Morgan fingerprint density at radius 2 is 1.52 bits per heavy atom. The number of nitrogens with zero attached hydrogens (tertiary/aromatic N) is 4. The molecule has 0 saturated carbocycles. The van der Waals surface area contributed by atoms with Crippen LogP contribution >= 0.6 is 22.6 Å². The summed E-state index contributed by atoms with van der Waals surface area (Å²) in [5.41, 5.74) is 2.00. The number of non-ortho nitro benzene ring substituents is 2. The van der Waals surface area contributed by atoms with Crippen molar-refractivity contribution in [2.75, 3.05) is 5.48 Å². The molecule has 3 aromatic carbocycles. The number of rotatable bonds is 7. The van der Waals surface area contributed by atoms with E-state index >= 15 is 0 Å². The Kier molecular flexibility index (Phi) is 7.34. The van der Waals surface area contributed by atoms with Crippen molar-refractivity contribution in [3.05, 3.63) is 102 Å². The predicted octanol–water partition coefficient (Wildman–Crippen LogP) is 5.22. The van der Waals surface area contributed by atoms with Crippen molar-refractivity contribution in [2.45, 2.75) is 0 Å². The van der Waals surface area contributed by atoms with Crippen LogP contribution in [0.25, 0.3) is 0 Å². The molecule has 0 spiro atoms. The molecule has 0 unspecified atom stereocenters. The Balaban J connectivity index is 1.66. The van der Waals surface area contributed by atoms with Crippen molar-refractivity contribution in [3.63, 3.8) is 0 Å². The van der Waals surface area contributed by atoms with Crippen LogP contribution in [0.15, 0.2) is 77.0 Å². The largest absolute Gasteiger partial charge is 0.363 e. The third-order valence-corrected chi connectivity index (χ3v) is 4.99. The van der Waals surface area contributed by atoms with Gasteiger partial charge in [0.15, 0.2) is 0 Å². The van der Waals surface area contributed by atoms with Crippen LogP contribution in [0.4, 0.5) is 22.7 Å². The van der Waals surface area contributed by atoms with E-state index in [2.05, 4.69) is 15.7 Å². The number of anilines is 1. The minimum Gasteiger partial charge on any atom is -0.338 e. The van der Waals surface area contributed by atoms with Crippen molar-refractivity contribution in [2.24, 2.45) is 10.2 Å². The molecule has 0 fully saturated rings. The standard InChI is InChI=1S/C20H12IN5O7/c21-18-4-2-1-3-17(18)20(28)33-24-14-7-5-13(6-8-14)22-23-19(27)12-9-15(25(29)30)11-16(10-12)26(31)32/h1-11,24H. The predicted molar refractivity (Wildman–Crippen MR) is 123 cm³/mol. The molecule has 3 aromatic rings. The number of hydrogen-bond acceptors (Lipinski definition) is 9. The maximum atomic E-state index is 12.2. The van der Waals surface area contributed by atoms with Gasteiger partial charge in [-0.3, -0.25) is 25.0 Å². The summed E-state index contributed by atoms with van der Waals surface area (Å²) in [6, 6.07) is 15.4. The van der Waals surface area contributed by atoms with E-state index in [1.54, 1.807) is 24.3 Å². The van der Waals surface area contributed by atoms with Crippen LogP contribution in [0.1, 0.15) is 20.7 Å². The number of nitro groups is 2. The van der Waals surface area contributed by atoms with Crippen molar-refractivity contribution in [1.82, 2.24) is 0 Å². The van der Waals surface area contributed by atoms with Gasteiger partial charge >= 0.3 is 5.97 Å². The van der Waals surface area contributed by atoms with Gasteiger partial charge in [0.25, 0.3) is 17.3 Å². The van der Waals surface area contributed by atoms with Crippen LogP contribution in [0.3, 0.4) is 0 Å². The van der Waals surface area contributed by atoms with Gasteiger partial charge in [-0.2, -0.15) is 0 Å². The molecule has 0 aliphatic heterocycles. The van der Waals surface area contributed by atoms with Gasteiger partial charge in [-0.25, -0.2) is 10.3 Å². The lowest BCUT2D eigenvalue weighted by atomic mass is 10.1. The van der Waals surface area contributed by atoms with Crippen molar-refractivity contribution in [1.29, 1.82) is 0 Å². The first kappa shape index (κ1) is 23.4. The minimum atomic E-state index is -0.990. The first-order valence-electron chi connectivity index (χ1n) is 8.96. The topological polar surface area (TPSA) is 166 Å². The number of benzene rings is 3. The summed E-state index contributed by atoms with van der Waals surface area (Å²) in [6.45, 7) is 0. The number of nitro benzene ring substituents is 2. The molecule has 12 nitrogen and oxygen atoms in total. The Labute approximate surface area is 198 Å². The zero-order valence-corrected chi connectivity index (χ0v) is 18.5. The molecule has 33 heavy (non-hydrogen) atoms. The average molecular weight is 561 g/mol. The van der Waals surface area contributed by atoms with E-state index in [-0.39, 0.29) is 11.3 Å². The van der Waals surface area contributed by atoms with E-state index in [0.29, 0.717) is 11.3 Å². The van der Waals surface area contributed by atoms with E-state index in [9.17, 15) is 29.8 Å². The number of carbonyl (C=O) groups is 2. The van der Waals surface area contributed by atoms with Gasteiger partial charge in [-0.1, -0.05) is 12.1 Å². The maximum absolute atomic E-state index is 12.2. The van der Waals surface area contributed by atoms with E-state index in [1.807, 2.05) is 22.6 Å². The fraction of sp³-hybridized carbons (Fsp3) is 0. The van der Waals surface area contributed by atoms with Gasteiger partial charge in [-0.15, -0.1) is 10.2 Å². The zero-order chi connectivity index (χ0) is 24.0. The molecule has 1 amide bonds. The highest BCUT2D eigenvalue weighted by Gasteiger charge is 2.19. The fourth-order valence-electron chi connectivity index (χ4n) is 2.47. The smallest absolute Gasteiger partial charge is 0.338 e. The monoisotopic (exact) mass is 561 g/mol. The summed E-state index contributed by atoms with van der Waals surface area (Å²) in [4.78, 5) is 49.5. The molecule has 0 aliphatic carbocycles. The molecule has 0 radical (unpaired) electrons. The average Bonchev–Trinajstić information content (AvgIpc) is 2.81. The second-order valence-electron chi connectivity index (χ2n) is 6.28. The lowest BCUT2D eigenvalue weighted by molar-refractivity contribution is -0.394. The van der Waals surface area contributed by atoms with E-state index in [4.69, 9.17) is 4.84 Å². The Bertz CT molecular complexity index is 1250. The quantitative estimate of drug-likeness (QED) is 0.177. The summed E-state index contributed by atoms with van der Waals surface area (Å²) in [5, 5.41) is 29.0. The molecule has 166 valence electrons. The summed E-state index contributed by atoms with van der Waals surface area (Å²) >= 11 is 2.02. The summed E-state index contributed by atoms with van der Waals surface area (Å²) in [7, 11) is 0. The molecule has 13 heteroatoms. The van der Waals surface area contributed by atoms with Crippen LogP contribution in [0.5, 0.6) is 0 Å². The summed E-state index contributed by atoms with van der Waals surface area (Å²) in [6.07, 6.45) is 0. The van der Waals surface area contributed by atoms with Crippen LogP contribution in [-0.2, 0) is 4.84 Å². The summed E-state index contributed by atoms with van der Waals surface area (Å²) in [5.74, 6) is -1.56. The first-order valence-corrected chi connectivity index (χ1v) is 10.0. The highest BCUT2D eigenvalue weighted by molar-refractivity contribution is 14.1. The third kappa shape index (κ3) is 6.13. The second-order valence-corrected chi connectivity index (χ2v) is 7.44. The summed E-state index contributed by atoms with van der Waals surface area (Å²) < 4.78 is 0.733. The lowest BCUT2D eigenvalue weighted by Crippen LogP contribution is -2.11. The van der Waals surface area contributed by atoms with Crippen LogP contribution < -0.4 is 5.48 Å². The maximum Gasteiger partial charge on any atom is 0.363 e. The van der Waals surface area contributed by atoms with Crippen LogP contribution in [0.2, 0.25) is 0 Å². The van der Waals surface area contributed by atoms with E-state index in [0.717, 1.165) is 21.8 Å². The van der Waals surface area contributed by atoms with Crippen molar-refractivity contribution in [3.8, 4) is 0 Å². The van der Waals surface area contributed by atoms with E-state index in [1.165, 1.54) is 24.3 Å². The van der Waals surface area contributed by atoms with Crippen LogP contribution in [-0.4, -0.2) is 21.7 Å². The number of nitrogens with one attached hydrogen (secondary N) is 1. The number of halogens is 1. The molecule has 0 bridgehead atoms. The lowest BCUT2D eigenvalue weighted by Gasteiger charge is -2.07. The highest BCUT2D eigenvalue weighted by atomic mass is 127. The highest BCUT2D eigenvalue weighted by Crippen LogP contribution is 2.24. The van der Waals surface area contributed by atoms with E-state index < -0.39 is 33.1 Å². The van der Waals surface area contributed by atoms with Gasteiger partial charge in [0.1, 0.15) is 0 Å². The van der Waals surface area contributed by atoms with Crippen LogP contribution in [0, 0.1) is 23.8 Å². The number of amides is 1. The molecule has 0 atom stereocenters. The molecule has 0 aliphatic rings. The molecule has 1 N–H and O–H groups in total. The second kappa shape index (κ2) is 10.4. The minimum absolute atomic E-state index is 0.248. The Morgan fingerprint density at radius 1 is 0.909 bits per heavy atom. The number of hydrogen-bond donors (Lipinski definition) is 1. The van der Waals surface area contributed by atoms with Gasteiger partial charge < -0.3 is 4.84 Å². The van der Waals surface area contributed by atoms with Gasteiger partial charge in [-0.05, 0) is 59.0 Å². The fourth-order valence-corrected chi connectivity index (χ4v) is 3.08. The molecule has 0 aromatic heterocycles. The number of azo groups is 1. The molecular formula is C20H12IN5O7. The first-order chi connectivity index (χ1) is 15.7. The Hall–Kier alpha value is -4.27. The molecule has 3 rings (SSSR count). The van der Waals surface area contributed by atoms with Gasteiger partial charge in [0, 0.05) is 15.7 Å². The molecule has 0 saturated heterocycles. The van der Waals surface area contributed by atoms with Crippen molar-refractivity contribution >= 4 is 57.2 Å². The molecular weight excluding hydrogens is 549 g/mol. The van der Waals surface area contributed by atoms with Crippen molar-refractivity contribution < 1.29 is 24.3 Å². The normalized spacial score (nSPS) is 10.6. The van der Waals surface area contributed by atoms with Gasteiger partial charge in [0.2, 0.25) is 0 Å². The number of carbonyl (C=O) groups excluding carboxylic acids is 2. The van der Waals surface area contributed by atoms with Gasteiger partial charge in [0.05, 0.1) is 38.4 Å². The Morgan fingerprint density at radius 3 is 2.09 bits per heavy atom.